The monoisotopic (exact) mass is 1470 g/mol. The van der Waals surface area contributed by atoms with Crippen molar-refractivity contribution in [2.24, 2.45) is 29.6 Å². The highest BCUT2D eigenvalue weighted by molar-refractivity contribution is 7.81. The van der Waals surface area contributed by atoms with Gasteiger partial charge in [0.1, 0.15) is 0 Å². The molecule has 0 spiro atoms. The van der Waals surface area contributed by atoms with Crippen LogP contribution in [0, 0.1) is 88.8 Å². The van der Waals surface area contributed by atoms with E-state index >= 15 is 0 Å². The molecule has 0 atom stereocenters. The van der Waals surface area contributed by atoms with Gasteiger partial charge in [-0.25, -0.2) is 0 Å². The Hall–Kier alpha value is -4.90. The average Bonchev–Trinajstić information content (AvgIpc) is 1.06. The molecule has 0 N–H and O–H groups in total. The number of thiol groups is 5. The van der Waals surface area contributed by atoms with Crippen molar-refractivity contribution >= 4 is 63.1 Å². The van der Waals surface area contributed by atoms with Crippen LogP contribution in [0.1, 0.15) is 223 Å². The molecule has 0 aromatic heterocycles. The third-order valence-corrected chi connectivity index (χ3v) is 19.1. The number of hydrogen-bond donors (Lipinski definition) is 5. The van der Waals surface area contributed by atoms with Crippen LogP contribution in [-0.4, -0.2) is 63.6 Å². The Bertz CT molecular complexity index is 2700. The van der Waals surface area contributed by atoms with E-state index in [1.165, 1.54) is 64.2 Å². The summed E-state index contributed by atoms with van der Waals surface area (Å²) >= 11 is 21.4. The molecule has 100 heavy (non-hydrogen) atoms. The van der Waals surface area contributed by atoms with Gasteiger partial charge in [0, 0.05) is 115 Å². The van der Waals surface area contributed by atoms with Crippen LogP contribution in [0.3, 0.4) is 0 Å². The molecule has 5 saturated carbocycles. The van der Waals surface area contributed by atoms with Crippen molar-refractivity contribution in [3.63, 3.8) is 0 Å². The third kappa shape index (κ3) is 40.2. The van der Waals surface area contributed by atoms with Crippen LogP contribution in [0.5, 0.6) is 0 Å². The standard InChI is InChI=1S/5C17H22OS.5FH/c5*1-2-13-18-16-9-5-14(6-10-16)3-4-15-7-11-17(19)12-8-15;;;;;/h5*7-8,11-12,14,16,19H,2,5-6,9-10,13H2,1H3;5*1H. The summed E-state index contributed by atoms with van der Waals surface area (Å²) in [5.41, 5.74) is 5.43. The molecule has 5 aromatic rings. The molecule has 5 nitrogen and oxygen atoms in total. The second-order valence-electron chi connectivity index (χ2n) is 25.8. The maximum atomic E-state index is 5.80. The molecule has 0 radical (unpaired) electrons. The Labute approximate surface area is 627 Å². The molecule has 0 heterocycles. The number of rotatable bonds is 15. The minimum absolute atomic E-state index is 0. The summed E-state index contributed by atoms with van der Waals surface area (Å²) in [4.78, 5) is 4.93. The first kappa shape index (κ1) is 93.1. The minimum atomic E-state index is 0. The molecular formula is C85H115F5O5S5. The summed E-state index contributed by atoms with van der Waals surface area (Å²) in [5, 5.41) is 0. The molecule has 0 unspecified atom stereocenters. The van der Waals surface area contributed by atoms with Crippen LogP contribution in [0.2, 0.25) is 0 Å². The second kappa shape index (κ2) is 56.5. The summed E-state index contributed by atoms with van der Waals surface area (Å²) in [6, 6.07) is 40.2. The van der Waals surface area contributed by atoms with Gasteiger partial charge in [0.15, 0.2) is 0 Å². The number of halogens is 5. The fourth-order valence-electron chi connectivity index (χ4n) is 11.9. The zero-order chi connectivity index (χ0) is 67.5. The summed E-state index contributed by atoms with van der Waals surface area (Å²) in [5.74, 6) is 36.1. The van der Waals surface area contributed by atoms with Crippen LogP contribution < -0.4 is 0 Å². The van der Waals surface area contributed by atoms with E-state index in [-0.39, 0.29) is 23.5 Å². The van der Waals surface area contributed by atoms with Gasteiger partial charge in [-0.2, -0.15) is 0 Å². The molecule has 5 aromatic carbocycles. The SMILES string of the molecule is CCCOC1CCC(C#Cc2ccc(S)cc2)CC1.CCCOC1CCC(C#Cc2ccc(S)cc2)CC1.CCCOC1CCC(C#Cc2ccc(S)cc2)CC1.CCCOC1CCC(C#Cc2ccc(S)cc2)CC1.CCCOC1CCC(C#Cc2ccc(S)cc2)CC1.F.F.F.F.F. The Kier molecular flexibility index (Phi) is 52.7. The predicted octanol–water partition coefficient (Wildman–Crippen LogP) is 22.3. The van der Waals surface area contributed by atoms with Gasteiger partial charge < -0.3 is 23.7 Å². The van der Waals surface area contributed by atoms with E-state index in [4.69, 9.17) is 23.7 Å². The highest BCUT2D eigenvalue weighted by Gasteiger charge is 2.24. The lowest BCUT2D eigenvalue weighted by atomic mass is 9.87. The minimum Gasteiger partial charge on any atom is -0.378 e. The maximum absolute atomic E-state index is 5.80. The Morgan fingerprint density at radius 2 is 0.360 bits per heavy atom. The quantitative estimate of drug-likeness (QED) is 0.0411. The van der Waals surface area contributed by atoms with Crippen molar-refractivity contribution in [1.82, 2.24) is 0 Å². The highest BCUT2D eigenvalue weighted by Crippen LogP contribution is 2.30. The summed E-state index contributed by atoms with van der Waals surface area (Å²) in [7, 11) is 0. The zero-order valence-electron chi connectivity index (χ0n) is 59.9. The molecule has 5 fully saturated rings. The normalized spacial score (nSPS) is 21.5. The first-order valence-electron chi connectivity index (χ1n) is 36.0. The summed E-state index contributed by atoms with van der Waals surface area (Å²) in [6.45, 7) is 15.3. The number of ether oxygens (including phenoxy) is 5. The van der Waals surface area contributed by atoms with Crippen molar-refractivity contribution in [3.8, 4) is 59.2 Å². The molecule has 5 aliphatic rings. The van der Waals surface area contributed by atoms with E-state index in [1.807, 2.05) is 121 Å². The van der Waals surface area contributed by atoms with Gasteiger partial charge in [-0.05, 0) is 282 Å². The largest absolute Gasteiger partial charge is 0.378 e. The lowest BCUT2D eigenvalue weighted by Crippen LogP contribution is -2.21. The van der Waals surface area contributed by atoms with Crippen molar-refractivity contribution in [1.29, 1.82) is 0 Å². The average molecular weight is 1470 g/mol. The van der Waals surface area contributed by atoms with E-state index in [2.05, 4.69) is 157 Å². The lowest BCUT2D eigenvalue weighted by Gasteiger charge is -2.25. The smallest absolute Gasteiger partial charge is 0.0576 e. The topological polar surface area (TPSA) is 46.2 Å². The number of benzene rings is 5. The van der Waals surface area contributed by atoms with Gasteiger partial charge in [-0.15, -0.1) is 63.1 Å². The molecule has 5 aliphatic carbocycles. The van der Waals surface area contributed by atoms with E-state index in [0.29, 0.717) is 60.1 Å². The Morgan fingerprint density at radius 1 is 0.230 bits per heavy atom. The van der Waals surface area contributed by atoms with Crippen LogP contribution >= 0.6 is 63.1 Å². The first-order valence-corrected chi connectivity index (χ1v) is 38.2. The molecule has 15 heteroatoms. The third-order valence-electron chi connectivity index (χ3n) is 17.6. The predicted molar refractivity (Wildman–Crippen MR) is 425 cm³/mol. The van der Waals surface area contributed by atoms with E-state index in [1.54, 1.807) is 0 Å². The van der Waals surface area contributed by atoms with Crippen LogP contribution in [0.15, 0.2) is 146 Å². The molecule has 550 valence electrons. The molecule has 0 amide bonds. The van der Waals surface area contributed by atoms with Crippen LogP contribution in [-0.2, 0) is 23.7 Å². The Balaban J connectivity index is 0.000000617. The summed E-state index contributed by atoms with van der Waals surface area (Å²) in [6.07, 6.45) is 31.3. The van der Waals surface area contributed by atoms with E-state index < -0.39 is 0 Å². The van der Waals surface area contributed by atoms with Crippen molar-refractivity contribution in [3.05, 3.63) is 149 Å². The molecule has 0 bridgehead atoms. The van der Waals surface area contributed by atoms with Gasteiger partial charge in [0.2, 0.25) is 0 Å². The molecule has 0 saturated heterocycles. The molecule has 10 rings (SSSR count). The van der Waals surface area contributed by atoms with Crippen molar-refractivity contribution in [2.45, 2.75) is 250 Å². The second-order valence-corrected chi connectivity index (χ2v) is 28.4. The van der Waals surface area contributed by atoms with E-state index in [9.17, 15) is 0 Å². The fraction of sp³-hybridized carbons (Fsp3) is 0.529. The zero-order valence-corrected chi connectivity index (χ0v) is 64.3. The Morgan fingerprint density at radius 3 is 0.480 bits per heavy atom. The van der Waals surface area contributed by atoms with Gasteiger partial charge in [0.05, 0.1) is 30.5 Å². The van der Waals surface area contributed by atoms with Gasteiger partial charge in [0.25, 0.3) is 0 Å². The van der Waals surface area contributed by atoms with Gasteiger partial charge in [-0.1, -0.05) is 93.8 Å². The fourth-order valence-corrected chi connectivity index (χ4v) is 12.7. The first-order chi connectivity index (χ1) is 46.4. The van der Waals surface area contributed by atoms with Crippen molar-refractivity contribution in [2.75, 3.05) is 33.0 Å². The summed E-state index contributed by atoms with van der Waals surface area (Å²) < 4.78 is 29.0. The molecule has 0 aliphatic heterocycles. The van der Waals surface area contributed by atoms with Gasteiger partial charge >= 0.3 is 0 Å². The lowest BCUT2D eigenvalue weighted by molar-refractivity contribution is 0.0233. The highest BCUT2D eigenvalue weighted by atomic mass is 32.1. The van der Waals surface area contributed by atoms with Crippen LogP contribution in [0.4, 0.5) is 23.5 Å². The van der Waals surface area contributed by atoms with Crippen LogP contribution in [0.25, 0.3) is 0 Å². The van der Waals surface area contributed by atoms with Crippen molar-refractivity contribution < 1.29 is 47.2 Å². The number of hydrogen-bond acceptors (Lipinski definition) is 10. The molecular weight excluding hydrogens is 1360 g/mol. The maximum Gasteiger partial charge on any atom is 0.0576 e. The van der Waals surface area contributed by atoms with Gasteiger partial charge in [-0.3, -0.25) is 23.5 Å². The van der Waals surface area contributed by atoms with E-state index in [0.717, 1.165) is 182 Å².